The standard InChI is InChI=1S/C14H26N2O3/c1-4-16(5-2)14(18)15-12-10-8-6-7-9-11(12)13(17)19-3/h11-12H,4-10H2,1-3H3,(H,15,18). The van der Waals surface area contributed by atoms with E-state index in [2.05, 4.69) is 5.32 Å². The van der Waals surface area contributed by atoms with E-state index in [1.54, 1.807) is 4.90 Å². The first-order chi connectivity index (χ1) is 9.13. The van der Waals surface area contributed by atoms with E-state index >= 15 is 0 Å². The molecule has 1 N–H and O–H groups in total. The minimum atomic E-state index is -0.202. The summed E-state index contributed by atoms with van der Waals surface area (Å²) in [5, 5.41) is 3.01. The van der Waals surface area contributed by atoms with Crippen LogP contribution in [0.25, 0.3) is 0 Å². The molecule has 110 valence electrons. The van der Waals surface area contributed by atoms with E-state index in [0.29, 0.717) is 13.1 Å². The van der Waals surface area contributed by atoms with Crippen molar-refractivity contribution < 1.29 is 14.3 Å². The summed E-state index contributed by atoms with van der Waals surface area (Å²) in [6.07, 6.45) is 4.85. The Morgan fingerprint density at radius 2 is 1.79 bits per heavy atom. The Kier molecular flexibility index (Phi) is 6.67. The van der Waals surface area contributed by atoms with E-state index in [4.69, 9.17) is 4.74 Å². The second kappa shape index (κ2) is 8.02. The van der Waals surface area contributed by atoms with Crippen LogP contribution < -0.4 is 5.32 Å². The summed E-state index contributed by atoms with van der Waals surface area (Å²) < 4.78 is 4.87. The first kappa shape index (κ1) is 15.8. The van der Waals surface area contributed by atoms with Gasteiger partial charge in [-0.1, -0.05) is 19.3 Å². The van der Waals surface area contributed by atoms with Gasteiger partial charge in [-0.3, -0.25) is 4.79 Å². The van der Waals surface area contributed by atoms with Crippen LogP contribution in [0.3, 0.4) is 0 Å². The van der Waals surface area contributed by atoms with Crippen molar-refractivity contribution in [3.8, 4) is 0 Å². The Morgan fingerprint density at radius 3 is 2.37 bits per heavy atom. The molecular weight excluding hydrogens is 244 g/mol. The largest absolute Gasteiger partial charge is 0.469 e. The lowest BCUT2D eigenvalue weighted by Crippen LogP contribution is -2.49. The van der Waals surface area contributed by atoms with E-state index in [1.807, 2.05) is 13.8 Å². The summed E-state index contributed by atoms with van der Waals surface area (Å²) in [4.78, 5) is 25.7. The molecule has 0 aliphatic heterocycles. The molecule has 0 heterocycles. The summed E-state index contributed by atoms with van der Waals surface area (Å²) >= 11 is 0. The van der Waals surface area contributed by atoms with Gasteiger partial charge in [0.15, 0.2) is 0 Å². The van der Waals surface area contributed by atoms with Gasteiger partial charge in [0.25, 0.3) is 0 Å². The smallest absolute Gasteiger partial charge is 0.317 e. The highest BCUT2D eigenvalue weighted by Crippen LogP contribution is 2.24. The zero-order valence-corrected chi connectivity index (χ0v) is 12.3. The monoisotopic (exact) mass is 270 g/mol. The highest BCUT2D eigenvalue weighted by Gasteiger charge is 2.32. The fourth-order valence-electron chi connectivity index (χ4n) is 2.67. The van der Waals surface area contributed by atoms with Crippen molar-refractivity contribution in [2.24, 2.45) is 5.92 Å². The SMILES string of the molecule is CCN(CC)C(=O)NC1CCCCCC1C(=O)OC. The van der Waals surface area contributed by atoms with E-state index in [0.717, 1.165) is 32.1 Å². The van der Waals surface area contributed by atoms with E-state index in [1.165, 1.54) is 7.11 Å². The first-order valence-electron chi connectivity index (χ1n) is 7.27. The number of hydrogen-bond acceptors (Lipinski definition) is 3. The molecule has 1 aliphatic rings. The topological polar surface area (TPSA) is 58.6 Å². The molecule has 0 aromatic carbocycles. The molecule has 0 radical (unpaired) electrons. The van der Waals surface area contributed by atoms with Crippen LogP contribution in [0.15, 0.2) is 0 Å². The number of nitrogens with zero attached hydrogens (tertiary/aromatic N) is 1. The highest BCUT2D eigenvalue weighted by molar-refractivity contribution is 5.77. The van der Waals surface area contributed by atoms with E-state index in [-0.39, 0.29) is 24.0 Å². The molecule has 1 aliphatic carbocycles. The van der Waals surface area contributed by atoms with Crippen molar-refractivity contribution in [1.82, 2.24) is 10.2 Å². The van der Waals surface area contributed by atoms with Crippen molar-refractivity contribution in [1.29, 1.82) is 0 Å². The molecule has 1 saturated carbocycles. The molecule has 0 saturated heterocycles. The van der Waals surface area contributed by atoms with Gasteiger partial charge < -0.3 is 15.0 Å². The number of amides is 2. The number of methoxy groups -OCH3 is 1. The lowest BCUT2D eigenvalue weighted by Gasteiger charge is -2.27. The molecule has 5 heteroatoms. The van der Waals surface area contributed by atoms with Crippen molar-refractivity contribution in [3.63, 3.8) is 0 Å². The minimum Gasteiger partial charge on any atom is -0.469 e. The Morgan fingerprint density at radius 1 is 1.16 bits per heavy atom. The van der Waals surface area contributed by atoms with Gasteiger partial charge >= 0.3 is 12.0 Å². The van der Waals surface area contributed by atoms with Gasteiger partial charge in [0.1, 0.15) is 0 Å². The van der Waals surface area contributed by atoms with Gasteiger partial charge in [0.2, 0.25) is 0 Å². The normalized spacial score (nSPS) is 23.3. The predicted molar refractivity (Wildman–Crippen MR) is 73.8 cm³/mol. The molecule has 5 nitrogen and oxygen atoms in total. The van der Waals surface area contributed by atoms with Crippen LogP contribution in [-0.4, -0.2) is 43.1 Å². The van der Waals surface area contributed by atoms with E-state index < -0.39 is 0 Å². The number of hydrogen-bond donors (Lipinski definition) is 1. The minimum absolute atomic E-state index is 0.0780. The lowest BCUT2D eigenvalue weighted by molar-refractivity contribution is -0.146. The maximum absolute atomic E-state index is 12.1. The zero-order chi connectivity index (χ0) is 14.3. The summed E-state index contributed by atoms with van der Waals surface area (Å²) in [7, 11) is 1.41. The van der Waals surface area contributed by atoms with E-state index in [9.17, 15) is 9.59 Å². The van der Waals surface area contributed by atoms with Crippen LogP contribution in [0.1, 0.15) is 46.0 Å². The molecule has 2 unspecified atom stereocenters. The van der Waals surface area contributed by atoms with Crippen LogP contribution in [0.2, 0.25) is 0 Å². The third kappa shape index (κ3) is 4.40. The van der Waals surface area contributed by atoms with Gasteiger partial charge in [-0.25, -0.2) is 4.79 Å². The molecule has 0 bridgehead atoms. The van der Waals surface area contributed by atoms with Crippen molar-refractivity contribution >= 4 is 12.0 Å². The third-order valence-electron chi connectivity index (χ3n) is 3.88. The number of carbonyl (C=O) groups is 2. The van der Waals surface area contributed by atoms with Gasteiger partial charge in [-0.05, 0) is 26.7 Å². The van der Waals surface area contributed by atoms with Crippen molar-refractivity contribution in [2.45, 2.75) is 52.0 Å². The highest BCUT2D eigenvalue weighted by atomic mass is 16.5. The molecule has 19 heavy (non-hydrogen) atoms. The number of carbonyl (C=O) groups excluding carboxylic acids is 2. The third-order valence-corrected chi connectivity index (χ3v) is 3.88. The fourth-order valence-corrected chi connectivity index (χ4v) is 2.67. The predicted octanol–water partition coefficient (Wildman–Crippen LogP) is 2.16. The molecule has 0 aromatic heterocycles. The Balaban J connectivity index is 2.69. The van der Waals surface area contributed by atoms with Crippen LogP contribution in [0, 0.1) is 5.92 Å². The summed E-state index contributed by atoms with van der Waals surface area (Å²) in [6, 6.07) is -0.172. The van der Waals surface area contributed by atoms with Gasteiger partial charge in [-0.2, -0.15) is 0 Å². The number of esters is 1. The van der Waals surface area contributed by atoms with Crippen molar-refractivity contribution in [2.75, 3.05) is 20.2 Å². The first-order valence-corrected chi connectivity index (χ1v) is 7.27. The quantitative estimate of drug-likeness (QED) is 0.629. The second-order valence-electron chi connectivity index (χ2n) is 5.00. The fraction of sp³-hybridized carbons (Fsp3) is 0.857. The second-order valence-corrected chi connectivity index (χ2v) is 5.00. The maximum Gasteiger partial charge on any atom is 0.317 e. The zero-order valence-electron chi connectivity index (χ0n) is 12.3. The Bertz CT molecular complexity index is 303. The molecular formula is C14H26N2O3. The van der Waals surface area contributed by atoms with Crippen molar-refractivity contribution in [3.05, 3.63) is 0 Å². The van der Waals surface area contributed by atoms with Gasteiger partial charge in [0.05, 0.1) is 13.0 Å². The Hall–Kier alpha value is -1.26. The molecule has 2 amide bonds. The maximum atomic E-state index is 12.1. The average molecular weight is 270 g/mol. The molecule has 0 aromatic rings. The lowest BCUT2D eigenvalue weighted by atomic mass is 9.95. The number of ether oxygens (including phenoxy) is 1. The van der Waals surface area contributed by atoms with Crippen LogP contribution in [0.4, 0.5) is 4.79 Å². The van der Waals surface area contributed by atoms with Gasteiger partial charge in [0, 0.05) is 19.1 Å². The number of nitrogens with one attached hydrogen (secondary N) is 1. The summed E-state index contributed by atoms with van der Waals surface area (Å²) in [5.74, 6) is -0.404. The van der Waals surface area contributed by atoms with Gasteiger partial charge in [-0.15, -0.1) is 0 Å². The summed E-state index contributed by atoms with van der Waals surface area (Å²) in [6.45, 7) is 5.26. The van der Waals surface area contributed by atoms with Crippen LogP contribution >= 0.6 is 0 Å². The molecule has 1 fully saturated rings. The Labute approximate surface area is 115 Å². The number of urea groups is 1. The average Bonchev–Trinajstić information content (AvgIpc) is 2.64. The molecule has 1 rings (SSSR count). The molecule has 2 atom stereocenters. The number of rotatable bonds is 4. The van der Waals surface area contributed by atoms with Crippen LogP contribution in [0.5, 0.6) is 0 Å². The van der Waals surface area contributed by atoms with Crippen LogP contribution in [-0.2, 0) is 9.53 Å². The summed E-state index contributed by atoms with van der Waals surface area (Å²) in [5.41, 5.74) is 0. The molecule has 0 spiro atoms.